The molecule has 0 aromatic heterocycles. The largest absolute Gasteiger partial charge is 0.506 e. The fourth-order valence-corrected chi connectivity index (χ4v) is 5.72. The molecular formula is C32H44N2O9. The van der Waals surface area contributed by atoms with E-state index in [0.717, 1.165) is 31.2 Å². The second-order valence-corrected chi connectivity index (χ2v) is 10.8. The number of fused-ring (bicyclic) bond motifs is 1. The number of hydrogen-bond donors (Lipinski definition) is 1. The van der Waals surface area contributed by atoms with Crippen LogP contribution in [0.25, 0.3) is 0 Å². The third-order valence-electron chi connectivity index (χ3n) is 7.93. The highest BCUT2D eigenvalue weighted by atomic mass is 16.7. The summed E-state index contributed by atoms with van der Waals surface area (Å²) in [6, 6.07) is 10.4. The minimum atomic E-state index is -1.39. The molecule has 2 aromatic rings. The van der Waals surface area contributed by atoms with Crippen molar-refractivity contribution in [2.24, 2.45) is 0 Å². The van der Waals surface area contributed by atoms with E-state index in [0.29, 0.717) is 54.8 Å². The van der Waals surface area contributed by atoms with Gasteiger partial charge in [0.05, 0.1) is 26.3 Å². The van der Waals surface area contributed by atoms with Gasteiger partial charge in [-0.25, -0.2) is 4.79 Å². The van der Waals surface area contributed by atoms with Crippen LogP contribution in [0, 0.1) is 0 Å². The Morgan fingerprint density at radius 1 is 1.00 bits per heavy atom. The van der Waals surface area contributed by atoms with Crippen LogP contribution < -0.4 is 18.9 Å². The molecule has 2 aliphatic rings. The molecule has 1 amide bonds. The van der Waals surface area contributed by atoms with Crippen molar-refractivity contribution in [1.82, 2.24) is 9.80 Å². The van der Waals surface area contributed by atoms with Gasteiger partial charge in [-0.15, -0.1) is 0 Å². The monoisotopic (exact) mass is 600 g/mol. The van der Waals surface area contributed by atoms with Crippen LogP contribution in [-0.4, -0.2) is 93.5 Å². The molecule has 0 saturated carbocycles. The molecule has 236 valence electrons. The summed E-state index contributed by atoms with van der Waals surface area (Å²) in [7, 11) is 3.16. The van der Waals surface area contributed by atoms with Gasteiger partial charge in [0.2, 0.25) is 12.7 Å². The second kappa shape index (κ2) is 15.7. The van der Waals surface area contributed by atoms with E-state index in [-0.39, 0.29) is 25.9 Å². The van der Waals surface area contributed by atoms with Crippen LogP contribution in [0.5, 0.6) is 23.0 Å². The van der Waals surface area contributed by atoms with Crippen molar-refractivity contribution in [3.8, 4) is 23.0 Å². The SMILES string of the molecule is CCCCN(CCCC)C(=O)CN1C[C@H](c2ccc3c(c2)OCO3)[C@H](OC(=O)O)[C@H]1c1ccc(OC)cc1OCCOC. The minimum absolute atomic E-state index is 0.00248. The molecular weight excluding hydrogens is 556 g/mol. The highest BCUT2D eigenvalue weighted by Crippen LogP contribution is 2.47. The zero-order chi connectivity index (χ0) is 30.8. The Balaban J connectivity index is 1.76. The number of rotatable bonds is 16. The van der Waals surface area contributed by atoms with Crippen LogP contribution in [0.3, 0.4) is 0 Å². The Labute approximate surface area is 253 Å². The lowest BCUT2D eigenvalue weighted by atomic mass is 9.90. The van der Waals surface area contributed by atoms with E-state index >= 15 is 0 Å². The van der Waals surface area contributed by atoms with Crippen molar-refractivity contribution < 1.29 is 43.1 Å². The van der Waals surface area contributed by atoms with Gasteiger partial charge in [0.25, 0.3) is 0 Å². The third-order valence-corrected chi connectivity index (χ3v) is 7.93. The summed E-state index contributed by atoms with van der Waals surface area (Å²) in [4.78, 5) is 29.9. The fraction of sp³-hybridized carbons (Fsp3) is 0.562. The molecule has 0 aliphatic carbocycles. The Hall–Kier alpha value is -3.70. The van der Waals surface area contributed by atoms with Gasteiger partial charge >= 0.3 is 6.16 Å². The van der Waals surface area contributed by atoms with Gasteiger partial charge in [-0.1, -0.05) is 32.8 Å². The molecule has 1 fully saturated rings. The quantitative estimate of drug-likeness (QED) is 0.207. The molecule has 2 aliphatic heterocycles. The maximum absolute atomic E-state index is 13.8. The first-order valence-electron chi connectivity index (χ1n) is 15.0. The molecule has 0 radical (unpaired) electrons. The van der Waals surface area contributed by atoms with E-state index in [1.54, 1.807) is 26.4 Å². The predicted molar refractivity (Wildman–Crippen MR) is 159 cm³/mol. The van der Waals surface area contributed by atoms with Crippen LogP contribution in [0.2, 0.25) is 0 Å². The van der Waals surface area contributed by atoms with E-state index in [2.05, 4.69) is 13.8 Å². The first-order valence-corrected chi connectivity index (χ1v) is 15.0. The van der Waals surface area contributed by atoms with Gasteiger partial charge in [-0.3, -0.25) is 9.69 Å². The number of benzene rings is 2. The van der Waals surface area contributed by atoms with Crippen LogP contribution in [-0.2, 0) is 14.3 Å². The van der Waals surface area contributed by atoms with Gasteiger partial charge in [0, 0.05) is 44.3 Å². The van der Waals surface area contributed by atoms with Gasteiger partial charge in [0.1, 0.15) is 24.2 Å². The Morgan fingerprint density at radius 2 is 1.74 bits per heavy atom. The molecule has 11 nitrogen and oxygen atoms in total. The van der Waals surface area contributed by atoms with E-state index in [1.165, 1.54) is 0 Å². The van der Waals surface area contributed by atoms with Gasteiger partial charge in [-0.2, -0.15) is 0 Å². The molecule has 11 heteroatoms. The summed E-state index contributed by atoms with van der Waals surface area (Å²) >= 11 is 0. The topological polar surface area (TPSA) is 116 Å². The summed E-state index contributed by atoms with van der Waals surface area (Å²) in [6.45, 7) is 6.83. The van der Waals surface area contributed by atoms with Crippen molar-refractivity contribution in [2.45, 2.75) is 57.6 Å². The fourth-order valence-electron chi connectivity index (χ4n) is 5.72. The maximum atomic E-state index is 13.8. The smallest absolute Gasteiger partial charge is 0.497 e. The number of unbranched alkanes of at least 4 members (excludes halogenated alkanes) is 2. The van der Waals surface area contributed by atoms with Gasteiger partial charge in [0.15, 0.2) is 11.5 Å². The summed E-state index contributed by atoms with van der Waals surface area (Å²) in [6.07, 6.45) is 1.56. The number of amides is 1. The summed E-state index contributed by atoms with van der Waals surface area (Å²) in [5, 5.41) is 9.91. The number of carboxylic acid groups (broad SMARTS) is 1. The third kappa shape index (κ3) is 8.03. The number of carbonyl (C=O) groups excluding carboxylic acids is 1. The molecule has 2 heterocycles. The van der Waals surface area contributed by atoms with Gasteiger partial charge in [-0.05, 0) is 42.7 Å². The average Bonchev–Trinajstić information content (AvgIpc) is 3.61. The molecule has 2 aromatic carbocycles. The zero-order valence-corrected chi connectivity index (χ0v) is 25.6. The molecule has 3 atom stereocenters. The van der Waals surface area contributed by atoms with Crippen LogP contribution in [0.1, 0.15) is 62.6 Å². The van der Waals surface area contributed by atoms with Crippen molar-refractivity contribution in [3.63, 3.8) is 0 Å². The van der Waals surface area contributed by atoms with E-state index < -0.39 is 24.2 Å². The van der Waals surface area contributed by atoms with Crippen molar-refractivity contribution in [3.05, 3.63) is 47.5 Å². The highest BCUT2D eigenvalue weighted by molar-refractivity contribution is 5.78. The van der Waals surface area contributed by atoms with Gasteiger partial charge < -0.3 is 38.4 Å². The van der Waals surface area contributed by atoms with Crippen LogP contribution in [0.4, 0.5) is 4.79 Å². The molecule has 1 N–H and O–H groups in total. The summed E-state index contributed by atoms with van der Waals surface area (Å²) < 4.78 is 33.6. The number of nitrogens with zero attached hydrogens (tertiary/aromatic N) is 2. The lowest BCUT2D eigenvalue weighted by Crippen LogP contribution is -2.42. The van der Waals surface area contributed by atoms with Crippen molar-refractivity contribution in [2.75, 3.05) is 60.4 Å². The first kappa shape index (κ1) is 32.2. The van der Waals surface area contributed by atoms with E-state index in [1.807, 2.05) is 34.1 Å². The molecule has 1 saturated heterocycles. The van der Waals surface area contributed by atoms with Crippen molar-refractivity contribution >= 4 is 12.1 Å². The number of methoxy groups -OCH3 is 2. The normalized spacial score (nSPS) is 19.3. The summed E-state index contributed by atoms with van der Waals surface area (Å²) in [5.74, 6) is 1.94. The predicted octanol–water partition coefficient (Wildman–Crippen LogP) is 5.08. The van der Waals surface area contributed by atoms with Crippen LogP contribution in [0.15, 0.2) is 36.4 Å². The minimum Gasteiger partial charge on any atom is -0.497 e. The molecule has 0 unspecified atom stereocenters. The highest BCUT2D eigenvalue weighted by Gasteiger charge is 2.48. The number of hydrogen-bond acceptors (Lipinski definition) is 9. The van der Waals surface area contributed by atoms with E-state index in [4.69, 9.17) is 28.4 Å². The number of likely N-dealkylation sites (tertiary alicyclic amines) is 1. The summed E-state index contributed by atoms with van der Waals surface area (Å²) in [5.41, 5.74) is 1.53. The number of carbonyl (C=O) groups is 2. The molecule has 43 heavy (non-hydrogen) atoms. The Kier molecular flexibility index (Phi) is 11.7. The van der Waals surface area contributed by atoms with E-state index in [9.17, 15) is 14.7 Å². The number of ether oxygens (including phenoxy) is 6. The van der Waals surface area contributed by atoms with Crippen LogP contribution >= 0.6 is 0 Å². The first-order chi connectivity index (χ1) is 20.9. The standard InChI is InChI=1S/C32H44N2O9/c1-5-7-13-33(14-8-6-2)29(35)20-34-19-25(22-9-12-26-28(17-22)42-21-41-26)31(43-32(36)37)30(34)24-11-10-23(39-4)18-27(24)40-16-15-38-3/h9-12,17-18,25,30-31H,5-8,13-16,19-21H2,1-4H3,(H,36,37)/t25-,30-,31+/m1/s1. The Morgan fingerprint density at radius 3 is 2.42 bits per heavy atom. The molecule has 0 spiro atoms. The van der Waals surface area contributed by atoms with Crippen molar-refractivity contribution in [1.29, 1.82) is 0 Å². The lowest BCUT2D eigenvalue weighted by Gasteiger charge is -2.31. The Bertz CT molecular complexity index is 1220. The zero-order valence-electron chi connectivity index (χ0n) is 25.6. The lowest BCUT2D eigenvalue weighted by molar-refractivity contribution is -0.133. The molecule has 0 bridgehead atoms. The maximum Gasteiger partial charge on any atom is 0.506 e. The second-order valence-electron chi connectivity index (χ2n) is 10.8. The molecule has 4 rings (SSSR count). The average molecular weight is 601 g/mol.